The molecule has 1 saturated heterocycles. The molecule has 1 aliphatic heterocycles. The molecule has 0 atom stereocenters. The fourth-order valence-electron chi connectivity index (χ4n) is 3.63. The Labute approximate surface area is 184 Å². The van der Waals surface area contributed by atoms with E-state index in [1.54, 1.807) is 0 Å². The Morgan fingerprint density at radius 2 is 1.70 bits per heavy atom. The van der Waals surface area contributed by atoms with E-state index >= 15 is 0 Å². The van der Waals surface area contributed by atoms with E-state index in [0.29, 0.717) is 0 Å². The molecular weight excluding hydrogens is 390 g/mol. The summed E-state index contributed by atoms with van der Waals surface area (Å²) >= 11 is 0. The topological polar surface area (TPSA) is 53.6 Å². The predicted octanol–water partition coefficient (Wildman–Crippen LogP) is 4.59. The molecule has 30 heavy (non-hydrogen) atoms. The van der Waals surface area contributed by atoms with Gasteiger partial charge in [-0.25, -0.2) is 4.79 Å². The molecule has 5 nitrogen and oxygen atoms in total. The van der Waals surface area contributed by atoms with Crippen molar-refractivity contribution in [3.63, 3.8) is 0 Å². The number of carbonyl (C=O) groups is 1. The number of carbonyl (C=O) groups excluding carboxylic acids is 1. The first kappa shape index (κ1) is 24.5. The quantitative estimate of drug-likeness (QED) is 0.545. The highest BCUT2D eigenvalue weighted by atomic mass is 28.3. The summed E-state index contributed by atoms with van der Waals surface area (Å²) in [7, 11) is -1.53. The van der Waals surface area contributed by atoms with Crippen molar-refractivity contribution in [2.75, 3.05) is 31.5 Å². The third kappa shape index (κ3) is 6.87. The van der Waals surface area contributed by atoms with Gasteiger partial charge in [-0.05, 0) is 63.8 Å². The van der Waals surface area contributed by atoms with Crippen molar-refractivity contribution in [2.24, 2.45) is 0 Å². The molecule has 2 rings (SSSR count). The van der Waals surface area contributed by atoms with Crippen molar-refractivity contribution < 1.29 is 9.53 Å². The number of amides is 1. The zero-order valence-electron chi connectivity index (χ0n) is 20.3. The fourth-order valence-corrected chi connectivity index (χ4v) is 4.13. The van der Waals surface area contributed by atoms with Crippen LogP contribution in [-0.4, -0.2) is 50.8 Å². The van der Waals surface area contributed by atoms with E-state index in [9.17, 15) is 4.79 Å². The van der Waals surface area contributed by atoms with Gasteiger partial charge in [0, 0.05) is 38.3 Å². The Bertz CT molecular complexity index is 849. The number of piperazine rings is 1. The molecule has 0 radical (unpaired) electrons. The summed E-state index contributed by atoms with van der Waals surface area (Å²) in [6.45, 7) is 23.6. The van der Waals surface area contributed by atoms with Gasteiger partial charge in [0.1, 0.15) is 13.7 Å². The Morgan fingerprint density at radius 1 is 1.10 bits per heavy atom. The number of benzene rings is 1. The first-order chi connectivity index (χ1) is 13.8. The van der Waals surface area contributed by atoms with E-state index in [0.717, 1.165) is 55.1 Å². The Hall–Kier alpha value is -1.81. The van der Waals surface area contributed by atoms with Crippen LogP contribution in [0, 0.1) is 32.2 Å². The van der Waals surface area contributed by atoms with Gasteiger partial charge in [0.2, 0.25) is 0 Å². The van der Waals surface area contributed by atoms with Crippen LogP contribution in [-0.2, 0) is 11.3 Å². The Balaban J connectivity index is 2.53. The monoisotopic (exact) mass is 429 g/mol. The molecule has 166 valence electrons. The molecule has 1 amide bonds. The van der Waals surface area contributed by atoms with Crippen molar-refractivity contribution >= 4 is 19.9 Å². The third-order valence-corrected chi connectivity index (χ3v) is 6.06. The fraction of sp³-hybridized carbons (Fsp3) is 0.625. The zero-order valence-corrected chi connectivity index (χ0v) is 21.3. The molecule has 2 N–H and O–H groups in total. The van der Waals surface area contributed by atoms with Gasteiger partial charge in [-0.2, -0.15) is 0 Å². The number of hydrogen-bond acceptors (Lipinski definition) is 4. The lowest BCUT2D eigenvalue weighted by atomic mass is 9.91. The van der Waals surface area contributed by atoms with Crippen LogP contribution < -0.4 is 10.6 Å². The molecule has 1 fully saturated rings. The number of rotatable bonds is 3. The van der Waals surface area contributed by atoms with Crippen molar-refractivity contribution in [2.45, 2.75) is 73.3 Å². The lowest BCUT2D eigenvalue weighted by Gasteiger charge is -2.30. The molecule has 0 aromatic heterocycles. The molecule has 1 aromatic carbocycles. The first-order valence-electron chi connectivity index (χ1n) is 10.9. The predicted molar refractivity (Wildman–Crippen MR) is 129 cm³/mol. The molecular formula is C24H39N3O2Si. The smallest absolute Gasteiger partial charge is 0.412 e. The molecule has 1 aliphatic rings. The number of anilines is 1. The summed E-state index contributed by atoms with van der Waals surface area (Å²) in [5.41, 5.74) is 9.45. The SMILES string of the molecule is Cc1c(C#C[Si](C)(C)C)c(C)c(NC(=O)OC(C)(C)C)c(C)c1CN1CCNCC1. The van der Waals surface area contributed by atoms with E-state index < -0.39 is 19.8 Å². The summed E-state index contributed by atoms with van der Waals surface area (Å²) in [4.78, 5) is 15.0. The maximum Gasteiger partial charge on any atom is 0.412 e. The van der Waals surface area contributed by atoms with E-state index in [1.165, 1.54) is 11.1 Å². The first-order valence-corrected chi connectivity index (χ1v) is 14.4. The van der Waals surface area contributed by atoms with Gasteiger partial charge < -0.3 is 10.1 Å². The largest absolute Gasteiger partial charge is 0.444 e. The minimum Gasteiger partial charge on any atom is -0.444 e. The van der Waals surface area contributed by atoms with Crippen molar-refractivity contribution in [3.05, 3.63) is 27.8 Å². The van der Waals surface area contributed by atoms with Crippen molar-refractivity contribution in [1.82, 2.24) is 10.2 Å². The molecule has 6 heteroatoms. The highest BCUT2D eigenvalue weighted by Gasteiger charge is 2.23. The second kappa shape index (κ2) is 9.55. The van der Waals surface area contributed by atoms with Crippen molar-refractivity contribution in [1.29, 1.82) is 0 Å². The van der Waals surface area contributed by atoms with Gasteiger partial charge in [-0.3, -0.25) is 10.2 Å². The Morgan fingerprint density at radius 3 is 2.23 bits per heavy atom. The van der Waals surface area contributed by atoms with Gasteiger partial charge in [-0.1, -0.05) is 25.6 Å². The van der Waals surface area contributed by atoms with Crippen LogP contribution in [0.4, 0.5) is 10.5 Å². The van der Waals surface area contributed by atoms with Crippen LogP contribution in [0.25, 0.3) is 0 Å². The van der Waals surface area contributed by atoms with E-state index in [2.05, 4.69) is 67.4 Å². The van der Waals surface area contributed by atoms with Crippen LogP contribution in [0.5, 0.6) is 0 Å². The maximum atomic E-state index is 12.6. The lowest BCUT2D eigenvalue weighted by molar-refractivity contribution is 0.0635. The van der Waals surface area contributed by atoms with Crippen molar-refractivity contribution in [3.8, 4) is 11.5 Å². The minimum absolute atomic E-state index is 0.421. The van der Waals surface area contributed by atoms with Gasteiger partial charge in [0.05, 0.1) is 5.69 Å². The lowest BCUT2D eigenvalue weighted by Crippen LogP contribution is -2.43. The third-order valence-electron chi connectivity index (χ3n) is 5.19. The van der Waals surface area contributed by atoms with Gasteiger partial charge in [0.25, 0.3) is 0 Å². The summed E-state index contributed by atoms with van der Waals surface area (Å²) in [6, 6.07) is 0. The molecule has 0 spiro atoms. The average Bonchev–Trinajstić information content (AvgIpc) is 2.61. The van der Waals surface area contributed by atoms with Gasteiger partial charge >= 0.3 is 6.09 Å². The molecule has 0 aliphatic carbocycles. The molecule has 1 aromatic rings. The standard InChI is InChI=1S/C24H39N3O2Si/c1-17-20(10-15-30(7,8)9)18(2)22(26-23(28)29-24(4,5)6)19(3)21(17)16-27-13-11-25-12-14-27/h25H,11-14,16H2,1-9H3,(H,26,28). The minimum atomic E-state index is -1.53. The molecule has 0 bridgehead atoms. The summed E-state index contributed by atoms with van der Waals surface area (Å²) in [5.74, 6) is 3.48. The second-order valence-electron chi connectivity index (χ2n) is 10.3. The maximum absolute atomic E-state index is 12.6. The van der Waals surface area contributed by atoms with Gasteiger partial charge in [-0.15, -0.1) is 5.54 Å². The number of hydrogen-bond donors (Lipinski definition) is 2. The highest BCUT2D eigenvalue weighted by Crippen LogP contribution is 2.32. The van der Waals surface area contributed by atoms with Gasteiger partial charge in [0.15, 0.2) is 0 Å². The van der Waals surface area contributed by atoms with E-state index in [1.807, 2.05) is 20.8 Å². The summed E-state index contributed by atoms with van der Waals surface area (Å²) < 4.78 is 5.53. The average molecular weight is 430 g/mol. The molecule has 0 unspecified atom stereocenters. The second-order valence-corrected chi connectivity index (χ2v) is 15.0. The number of ether oxygens (including phenoxy) is 1. The van der Waals surface area contributed by atoms with Crippen LogP contribution in [0.2, 0.25) is 19.6 Å². The van der Waals surface area contributed by atoms with Crippen LogP contribution >= 0.6 is 0 Å². The van der Waals surface area contributed by atoms with E-state index in [-0.39, 0.29) is 0 Å². The zero-order chi connectivity index (χ0) is 22.7. The van der Waals surface area contributed by atoms with Crippen LogP contribution in [0.3, 0.4) is 0 Å². The van der Waals surface area contributed by atoms with E-state index in [4.69, 9.17) is 4.74 Å². The number of nitrogens with zero attached hydrogens (tertiary/aromatic N) is 1. The van der Waals surface area contributed by atoms with Crippen LogP contribution in [0.1, 0.15) is 48.6 Å². The molecule has 0 saturated carbocycles. The van der Waals surface area contributed by atoms with Crippen LogP contribution in [0.15, 0.2) is 0 Å². The highest BCUT2D eigenvalue weighted by molar-refractivity contribution is 6.83. The normalized spacial score (nSPS) is 15.4. The summed E-state index contributed by atoms with van der Waals surface area (Å²) in [5, 5.41) is 6.44. The number of nitrogens with one attached hydrogen (secondary N) is 2. The molecule has 1 heterocycles. The summed E-state index contributed by atoms with van der Waals surface area (Å²) in [6.07, 6.45) is -0.421. The Kier molecular flexibility index (Phi) is 7.78.